The summed E-state index contributed by atoms with van der Waals surface area (Å²) in [6, 6.07) is 12.4. The number of rotatable bonds is 4. The number of halogens is 1. The van der Waals surface area contributed by atoms with Crippen LogP contribution in [0.25, 0.3) is 11.8 Å². The minimum absolute atomic E-state index is 0.00626. The normalized spacial score (nSPS) is 15.1. The summed E-state index contributed by atoms with van der Waals surface area (Å²) in [5.41, 5.74) is 3.32. The Morgan fingerprint density at radius 3 is 2.34 bits per heavy atom. The summed E-state index contributed by atoms with van der Waals surface area (Å²) in [6.45, 7) is 3.71. The Kier molecular flexibility index (Phi) is 5.58. The van der Waals surface area contributed by atoms with E-state index in [1.165, 1.54) is 36.4 Å². The lowest BCUT2D eigenvalue weighted by Crippen LogP contribution is -2.27. The Hall–Kier alpha value is -3.49. The fraction of sp³-hybridized carbons (Fsp3) is 0.0870. The molecule has 9 heteroatoms. The molecular formula is C23H17ClN2O5S. The van der Waals surface area contributed by atoms with Gasteiger partial charge in [-0.3, -0.25) is 9.59 Å². The fourth-order valence-electron chi connectivity index (χ4n) is 3.58. The van der Waals surface area contributed by atoms with E-state index in [1.807, 2.05) is 24.5 Å². The molecule has 32 heavy (non-hydrogen) atoms. The Morgan fingerprint density at radius 1 is 1.03 bits per heavy atom. The number of anilines is 1. The third kappa shape index (κ3) is 3.79. The highest BCUT2D eigenvalue weighted by Crippen LogP contribution is 2.37. The minimum atomic E-state index is -1.12. The van der Waals surface area contributed by atoms with E-state index in [0.29, 0.717) is 11.4 Å². The first-order valence-electron chi connectivity index (χ1n) is 9.46. The van der Waals surface area contributed by atoms with Crippen LogP contribution in [-0.2, 0) is 4.79 Å². The number of phenols is 1. The molecule has 2 heterocycles. The van der Waals surface area contributed by atoms with Gasteiger partial charge in [-0.05, 0) is 85.8 Å². The van der Waals surface area contributed by atoms with Crippen molar-refractivity contribution in [2.45, 2.75) is 13.8 Å². The molecule has 0 unspecified atom stereocenters. The van der Waals surface area contributed by atoms with E-state index in [-0.39, 0.29) is 21.2 Å². The topological polar surface area (TPSA) is 99.8 Å². The van der Waals surface area contributed by atoms with Gasteiger partial charge in [-0.2, -0.15) is 0 Å². The molecule has 1 fully saturated rings. The van der Waals surface area contributed by atoms with Gasteiger partial charge in [0.2, 0.25) is 0 Å². The number of benzene rings is 2. The average molecular weight is 469 g/mol. The number of carboxylic acid groups (broad SMARTS) is 1. The number of hydrogen-bond donors (Lipinski definition) is 2. The molecule has 2 amide bonds. The van der Waals surface area contributed by atoms with Crippen molar-refractivity contribution in [2.75, 3.05) is 4.90 Å². The molecule has 0 aliphatic carbocycles. The summed E-state index contributed by atoms with van der Waals surface area (Å²) in [5.74, 6) is -1.53. The number of amides is 2. The Morgan fingerprint density at radius 2 is 1.69 bits per heavy atom. The van der Waals surface area contributed by atoms with Crippen LogP contribution in [0.5, 0.6) is 5.75 Å². The highest BCUT2D eigenvalue weighted by atomic mass is 35.5. The second kappa shape index (κ2) is 8.22. The zero-order valence-electron chi connectivity index (χ0n) is 17.0. The number of aryl methyl sites for hydroxylation is 1. The number of carboxylic acids is 1. The molecule has 4 rings (SSSR count). The number of hydrogen-bond acceptors (Lipinski definition) is 5. The first-order valence-corrected chi connectivity index (χ1v) is 10.7. The third-order valence-electron chi connectivity index (χ3n) is 5.10. The number of aromatic hydroxyl groups is 1. The van der Waals surface area contributed by atoms with Crippen molar-refractivity contribution in [3.8, 4) is 11.4 Å². The largest absolute Gasteiger partial charge is 0.508 e. The number of nitrogens with zero attached hydrogens (tertiary/aromatic N) is 2. The summed E-state index contributed by atoms with van der Waals surface area (Å²) in [7, 11) is 0. The summed E-state index contributed by atoms with van der Waals surface area (Å²) >= 11 is 6.82. The van der Waals surface area contributed by atoms with Crippen LogP contribution >= 0.6 is 23.4 Å². The van der Waals surface area contributed by atoms with Crippen LogP contribution in [0, 0.1) is 13.8 Å². The lowest BCUT2D eigenvalue weighted by Gasteiger charge is -2.12. The molecule has 2 N–H and O–H groups in total. The van der Waals surface area contributed by atoms with E-state index in [1.54, 1.807) is 12.1 Å². The quantitative estimate of drug-likeness (QED) is 0.498. The van der Waals surface area contributed by atoms with Gasteiger partial charge in [0.15, 0.2) is 0 Å². The van der Waals surface area contributed by atoms with Crippen molar-refractivity contribution < 1.29 is 24.6 Å². The van der Waals surface area contributed by atoms with E-state index in [2.05, 4.69) is 0 Å². The monoisotopic (exact) mass is 468 g/mol. The van der Waals surface area contributed by atoms with Crippen molar-refractivity contribution in [1.29, 1.82) is 0 Å². The number of aromatic nitrogens is 1. The summed E-state index contributed by atoms with van der Waals surface area (Å²) in [5, 5.41) is 18.5. The van der Waals surface area contributed by atoms with Gasteiger partial charge in [0.05, 0.1) is 21.2 Å². The smallest absolute Gasteiger partial charge is 0.337 e. The second-order valence-corrected chi connectivity index (χ2v) is 8.57. The molecule has 7 nitrogen and oxygen atoms in total. The zero-order chi connectivity index (χ0) is 23.2. The van der Waals surface area contributed by atoms with Crippen molar-refractivity contribution >= 4 is 52.2 Å². The fourth-order valence-corrected chi connectivity index (χ4v) is 4.61. The number of thioether (sulfide) groups is 1. The van der Waals surface area contributed by atoms with E-state index < -0.39 is 17.1 Å². The highest BCUT2D eigenvalue weighted by molar-refractivity contribution is 8.19. The Labute approximate surface area is 192 Å². The summed E-state index contributed by atoms with van der Waals surface area (Å²) in [6.07, 6.45) is 1.65. The standard InChI is InChI=1S/C23H17ClN2O5S/c1-12-9-14(13(2)25(12)16-5-8-19(24)18(11-16)22(29)30)10-20-21(28)26(23(31)32-20)15-3-6-17(27)7-4-15/h3-11,27H,1-2H3,(H,29,30)/b20-10+. The highest BCUT2D eigenvalue weighted by Gasteiger charge is 2.36. The molecule has 3 aromatic rings. The maximum Gasteiger partial charge on any atom is 0.337 e. The molecule has 0 atom stereocenters. The number of phenolic OH excluding ortho intramolecular Hbond substituents is 1. The molecule has 0 bridgehead atoms. The van der Waals surface area contributed by atoms with E-state index in [4.69, 9.17) is 11.6 Å². The van der Waals surface area contributed by atoms with Crippen LogP contribution in [0.2, 0.25) is 5.02 Å². The van der Waals surface area contributed by atoms with Crippen molar-refractivity contribution in [1.82, 2.24) is 4.57 Å². The van der Waals surface area contributed by atoms with Gasteiger partial charge in [0, 0.05) is 17.1 Å². The lowest BCUT2D eigenvalue weighted by molar-refractivity contribution is -0.113. The summed E-state index contributed by atoms with van der Waals surface area (Å²) in [4.78, 5) is 38.2. The van der Waals surface area contributed by atoms with Gasteiger partial charge >= 0.3 is 5.97 Å². The lowest BCUT2D eigenvalue weighted by atomic mass is 10.2. The van der Waals surface area contributed by atoms with Gasteiger partial charge in [0.1, 0.15) is 5.75 Å². The van der Waals surface area contributed by atoms with Gasteiger partial charge in [-0.25, -0.2) is 9.69 Å². The van der Waals surface area contributed by atoms with Crippen molar-refractivity contribution in [2.24, 2.45) is 0 Å². The number of imide groups is 1. The van der Waals surface area contributed by atoms with Crippen LogP contribution in [-0.4, -0.2) is 31.9 Å². The van der Waals surface area contributed by atoms with Crippen LogP contribution in [0.1, 0.15) is 27.3 Å². The van der Waals surface area contributed by atoms with Crippen molar-refractivity contribution in [3.63, 3.8) is 0 Å². The maximum atomic E-state index is 12.9. The Bertz CT molecular complexity index is 1310. The number of carbonyl (C=O) groups excluding carboxylic acids is 2. The van der Waals surface area contributed by atoms with Crippen LogP contribution < -0.4 is 4.90 Å². The number of carbonyl (C=O) groups is 3. The molecule has 2 aromatic carbocycles. The molecule has 0 saturated carbocycles. The molecule has 162 valence electrons. The SMILES string of the molecule is Cc1cc(/C=C2/SC(=O)N(c3ccc(O)cc3)C2=O)c(C)n1-c1ccc(Cl)c(C(=O)O)c1. The van der Waals surface area contributed by atoms with Crippen LogP contribution in [0.15, 0.2) is 53.4 Å². The minimum Gasteiger partial charge on any atom is -0.508 e. The molecular weight excluding hydrogens is 452 g/mol. The van der Waals surface area contributed by atoms with Crippen LogP contribution in [0.4, 0.5) is 10.5 Å². The average Bonchev–Trinajstić information content (AvgIpc) is 3.17. The van der Waals surface area contributed by atoms with Gasteiger partial charge in [-0.15, -0.1) is 0 Å². The molecule has 1 aliphatic heterocycles. The third-order valence-corrected chi connectivity index (χ3v) is 6.30. The molecule has 0 spiro atoms. The molecule has 0 radical (unpaired) electrons. The van der Waals surface area contributed by atoms with Gasteiger partial charge < -0.3 is 14.8 Å². The second-order valence-electron chi connectivity index (χ2n) is 7.16. The van der Waals surface area contributed by atoms with Crippen molar-refractivity contribution in [3.05, 3.63) is 81.0 Å². The zero-order valence-corrected chi connectivity index (χ0v) is 18.6. The molecule has 1 saturated heterocycles. The van der Waals surface area contributed by atoms with E-state index >= 15 is 0 Å². The molecule has 1 aliphatic rings. The Balaban J connectivity index is 1.71. The van der Waals surface area contributed by atoms with Gasteiger partial charge in [-0.1, -0.05) is 11.6 Å². The predicted octanol–water partition coefficient (Wildman–Crippen LogP) is 5.39. The van der Waals surface area contributed by atoms with E-state index in [9.17, 15) is 24.6 Å². The number of aromatic carboxylic acids is 1. The maximum absolute atomic E-state index is 12.9. The van der Waals surface area contributed by atoms with Gasteiger partial charge in [0.25, 0.3) is 11.1 Å². The predicted molar refractivity (Wildman–Crippen MR) is 124 cm³/mol. The van der Waals surface area contributed by atoms with Crippen LogP contribution in [0.3, 0.4) is 0 Å². The summed E-state index contributed by atoms with van der Waals surface area (Å²) < 4.78 is 1.86. The first-order chi connectivity index (χ1) is 15.2. The van der Waals surface area contributed by atoms with E-state index in [0.717, 1.165) is 33.6 Å². The first kappa shape index (κ1) is 21.7. The molecule has 1 aromatic heterocycles.